The number of hydrogen-bond donors (Lipinski definition) is 2. The van der Waals surface area contributed by atoms with E-state index in [4.69, 9.17) is 17.4 Å². The van der Waals surface area contributed by atoms with Crippen LogP contribution in [0.4, 0.5) is 0 Å². The molecule has 4 heteroatoms. The lowest BCUT2D eigenvalue weighted by atomic mass is 10.0. The van der Waals surface area contributed by atoms with Crippen molar-refractivity contribution >= 4 is 11.6 Å². The van der Waals surface area contributed by atoms with Gasteiger partial charge < -0.3 is 0 Å². The van der Waals surface area contributed by atoms with E-state index in [0.717, 1.165) is 12.1 Å². The van der Waals surface area contributed by atoms with Gasteiger partial charge >= 0.3 is 0 Å². The second-order valence-corrected chi connectivity index (χ2v) is 5.40. The maximum Gasteiger partial charge on any atom is 0.0666 e. The van der Waals surface area contributed by atoms with Crippen molar-refractivity contribution in [2.45, 2.75) is 18.4 Å². The predicted molar refractivity (Wildman–Crippen MR) is 76.6 cm³/mol. The van der Waals surface area contributed by atoms with Crippen molar-refractivity contribution in [1.29, 1.82) is 0 Å². The number of benzene rings is 1. The molecule has 3 unspecified atom stereocenters. The molecule has 3 N–H and O–H groups in total. The van der Waals surface area contributed by atoms with Crippen molar-refractivity contribution < 1.29 is 0 Å². The van der Waals surface area contributed by atoms with Gasteiger partial charge in [-0.2, -0.15) is 0 Å². The van der Waals surface area contributed by atoms with Crippen LogP contribution in [0.25, 0.3) is 0 Å². The van der Waals surface area contributed by atoms with E-state index in [-0.39, 0.29) is 6.04 Å². The summed E-state index contributed by atoms with van der Waals surface area (Å²) in [4.78, 5) is 4.36. The number of pyridine rings is 1. The fourth-order valence-corrected chi connectivity index (χ4v) is 2.78. The Balaban J connectivity index is 1.77. The van der Waals surface area contributed by atoms with Crippen molar-refractivity contribution in [3.63, 3.8) is 0 Å². The minimum absolute atomic E-state index is 0.0856. The zero-order valence-electron chi connectivity index (χ0n) is 10.5. The lowest BCUT2D eigenvalue weighted by molar-refractivity contribution is 0.476. The Morgan fingerprint density at radius 3 is 2.63 bits per heavy atom. The van der Waals surface area contributed by atoms with Crippen LogP contribution in [0.2, 0.25) is 5.02 Å². The Kier molecular flexibility index (Phi) is 3.51. The number of nitrogens with two attached hydrogens (primary N) is 1. The van der Waals surface area contributed by atoms with E-state index in [0.29, 0.717) is 16.9 Å². The first-order valence-electron chi connectivity index (χ1n) is 6.42. The first kappa shape index (κ1) is 12.6. The molecule has 2 aromatic rings. The van der Waals surface area contributed by atoms with E-state index >= 15 is 0 Å². The second kappa shape index (κ2) is 5.29. The van der Waals surface area contributed by atoms with E-state index in [1.807, 2.05) is 18.2 Å². The van der Waals surface area contributed by atoms with Gasteiger partial charge in [0.05, 0.1) is 16.8 Å². The molecular weight excluding hydrogens is 258 g/mol. The Bertz CT molecular complexity index is 541. The van der Waals surface area contributed by atoms with Gasteiger partial charge in [0.1, 0.15) is 0 Å². The van der Waals surface area contributed by atoms with Crippen LogP contribution in [0.3, 0.4) is 0 Å². The van der Waals surface area contributed by atoms with Gasteiger partial charge in [-0.05, 0) is 36.0 Å². The Hall–Kier alpha value is -1.42. The van der Waals surface area contributed by atoms with Crippen LogP contribution in [-0.4, -0.2) is 4.98 Å². The number of nitrogens with one attached hydrogen (secondary N) is 1. The average molecular weight is 274 g/mol. The highest BCUT2D eigenvalue weighted by atomic mass is 35.5. The molecular formula is C15H16ClN3. The van der Waals surface area contributed by atoms with Crippen molar-refractivity contribution in [3.8, 4) is 0 Å². The second-order valence-electron chi connectivity index (χ2n) is 4.96. The summed E-state index contributed by atoms with van der Waals surface area (Å²) in [6, 6.07) is 14.4. The van der Waals surface area contributed by atoms with Crippen LogP contribution in [0, 0.1) is 5.92 Å². The molecule has 19 heavy (non-hydrogen) atoms. The molecule has 1 fully saturated rings. The molecule has 0 amide bonds. The van der Waals surface area contributed by atoms with Crippen molar-refractivity contribution in [2.24, 2.45) is 11.8 Å². The molecule has 0 bridgehead atoms. The topological polar surface area (TPSA) is 50.9 Å². The summed E-state index contributed by atoms with van der Waals surface area (Å²) in [6.07, 6.45) is 2.81. The number of halogens is 1. The number of aromatic nitrogens is 1. The fourth-order valence-electron chi connectivity index (χ4n) is 2.67. The minimum atomic E-state index is 0.0856. The standard InChI is InChI=1S/C15H16ClN3/c16-11-6-7-14(18-9-11)15(19-17)13-8-12(13)10-4-2-1-3-5-10/h1-7,9,12-13,15,19H,8,17H2. The summed E-state index contributed by atoms with van der Waals surface area (Å²) in [7, 11) is 0. The van der Waals surface area contributed by atoms with Gasteiger partial charge in [-0.3, -0.25) is 16.3 Å². The number of hydrogen-bond acceptors (Lipinski definition) is 3. The highest BCUT2D eigenvalue weighted by Crippen LogP contribution is 2.53. The van der Waals surface area contributed by atoms with Crippen molar-refractivity contribution in [3.05, 3.63) is 64.9 Å². The van der Waals surface area contributed by atoms with E-state index in [1.54, 1.807) is 6.20 Å². The number of nitrogens with zero attached hydrogens (tertiary/aromatic N) is 1. The molecule has 1 aliphatic rings. The highest BCUT2D eigenvalue weighted by molar-refractivity contribution is 6.30. The van der Waals surface area contributed by atoms with Gasteiger partial charge in [-0.1, -0.05) is 41.9 Å². The number of rotatable bonds is 4. The quantitative estimate of drug-likeness (QED) is 0.665. The van der Waals surface area contributed by atoms with Gasteiger partial charge in [0, 0.05) is 6.20 Å². The minimum Gasteiger partial charge on any atom is -0.271 e. The maximum absolute atomic E-state index is 5.87. The summed E-state index contributed by atoms with van der Waals surface area (Å²) < 4.78 is 0. The van der Waals surface area contributed by atoms with Crippen molar-refractivity contribution in [1.82, 2.24) is 10.4 Å². The lowest BCUT2D eigenvalue weighted by Gasteiger charge is -2.15. The van der Waals surface area contributed by atoms with E-state index < -0.39 is 0 Å². The number of hydrazine groups is 1. The molecule has 3 nitrogen and oxygen atoms in total. The average Bonchev–Trinajstić information content (AvgIpc) is 3.23. The molecule has 0 radical (unpaired) electrons. The van der Waals surface area contributed by atoms with Gasteiger partial charge in [0.15, 0.2) is 0 Å². The fraction of sp³-hybridized carbons (Fsp3) is 0.267. The first-order valence-corrected chi connectivity index (χ1v) is 6.80. The third-order valence-electron chi connectivity index (χ3n) is 3.74. The van der Waals surface area contributed by atoms with Gasteiger partial charge in [0.2, 0.25) is 0 Å². The normalized spacial score (nSPS) is 23.1. The largest absolute Gasteiger partial charge is 0.271 e. The molecule has 0 spiro atoms. The summed E-state index contributed by atoms with van der Waals surface area (Å²) >= 11 is 5.87. The molecule has 1 saturated carbocycles. The SMILES string of the molecule is NNC(c1ccc(Cl)cn1)C1CC1c1ccccc1. The third-order valence-corrected chi connectivity index (χ3v) is 3.97. The zero-order valence-corrected chi connectivity index (χ0v) is 11.2. The molecule has 98 valence electrons. The summed E-state index contributed by atoms with van der Waals surface area (Å²) in [5.74, 6) is 6.77. The molecule has 1 aliphatic carbocycles. The Morgan fingerprint density at radius 1 is 1.21 bits per heavy atom. The summed E-state index contributed by atoms with van der Waals surface area (Å²) in [6.45, 7) is 0. The molecule has 3 atom stereocenters. The van der Waals surface area contributed by atoms with Crippen molar-refractivity contribution in [2.75, 3.05) is 0 Å². The summed E-state index contributed by atoms with van der Waals surface area (Å²) in [5.41, 5.74) is 5.22. The molecule has 3 rings (SSSR count). The monoisotopic (exact) mass is 273 g/mol. The molecule has 0 saturated heterocycles. The van der Waals surface area contributed by atoms with Crippen LogP contribution in [0.5, 0.6) is 0 Å². The van der Waals surface area contributed by atoms with E-state index in [1.165, 1.54) is 5.56 Å². The molecule has 1 aromatic heterocycles. The van der Waals surface area contributed by atoms with Crippen LogP contribution in [0.15, 0.2) is 48.7 Å². The van der Waals surface area contributed by atoms with Gasteiger partial charge in [0.25, 0.3) is 0 Å². The Morgan fingerprint density at radius 2 is 2.00 bits per heavy atom. The van der Waals surface area contributed by atoms with Crippen LogP contribution < -0.4 is 11.3 Å². The highest BCUT2D eigenvalue weighted by Gasteiger charge is 2.44. The van der Waals surface area contributed by atoms with Crippen LogP contribution in [-0.2, 0) is 0 Å². The molecule has 0 aliphatic heterocycles. The maximum atomic E-state index is 5.87. The molecule has 1 aromatic carbocycles. The Labute approximate surface area is 117 Å². The van der Waals surface area contributed by atoms with Crippen LogP contribution >= 0.6 is 11.6 Å². The summed E-state index contributed by atoms with van der Waals surface area (Å²) in [5, 5.41) is 0.648. The van der Waals surface area contributed by atoms with Crippen LogP contribution in [0.1, 0.15) is 29.6 Å². The zero-order chi connectivity index (χ0) is 13.2. The van der Waals surface area contributed by atoms with Gasteiger partial charge in [-0.15, -0.1) is 0 Å². The smallest absolute Gasteiger partial charge is 0.0666 e. The third kappa shape index (κ3) is 2.63. The molecule has 1 heterocycles. The van der Waals surface area contributed by atoms with E-state index in [2.05, 4.69) is 34.7 Å². The lowest BCUT2D eigenvalue weighted by Crippen LogP contribution is -2.30. The van der Waals surface area contributed by atoms with Gasteiger partial charge in [-0.25, -0.2) is 0 Å². The first-order chi connectivity index (χ1) is 9.29. The van der Waals surface area contributed by atoms with E-state index in [9.17, 15) is 0 Å². The predicted octanol–water partition coefficient (Wildman–Crippen LogP) is 3.04.